The van der Waals surface area contributed by atoms with Gasteiger partial charge in [0.25, 0.3) is 5.69 Å². The lowest BCUT2D eigenvalue weighted by Gasteiger charge is -2.07. The summed E-state index contributed by atoms with van der Waals surface area (Å²) in [5.74, 6) is 0. The molecule has 2 N–H and O–H groups in total. The third-order valence-corrected chi connectivity index (χ3v) is 2.75. The van der Waals surface area contributed by atoms with E-state index in [9.17, 15) is 10.1 Å². The topological polar surface area (TPSA) is 96.2 Å². The second kappa shape index (κ2) is 5.33. The molecule has 1 atom stereocenters. The lowest BCUT2D eigenvalue weighted by molar-refractivity contribution is -0.383. The second-order valence-electron chi connectivity index (χ2n) is 4.57. The van der Waals surface area contributed by atoms with Gasteiger partial charge in [0.05, 0.1) is 35.2 Å². The highest BCUT2D eigenvalue weighted by Gasteiger charge is 2.16. The van der Waals surface area contributed by atoms with Crippen LogP contribution in [0.5, 0.6) is 0 Å². The van der Waals surface area contributed by atoms with Gasteiger partial charge in [-0.2, -0.15) is 5.10 Å². The molecule has 0 saturated carbocycles. The van der Waals surface area contributed by atoms with Gasteiger partial charge >= 0.3 is 0 Å². The molecule has 0 aliphatic heterocycles. The van der Waals surface area contributed by atoms with Crippen molar-refractivity contribution in [3.8, 4) is 0 Å². The number of ether oxygens (including phenoxy) is 1. The maximum atomic E-state index is 11.1. The standard InChI is InChI=1S/C12H16N4O3/c1-8(13)6-19-7-9-3-11-10(5-14-15(11)2)12(4-9)16(17)18/h3-5,8H,6-7,13H2,1-2H3. The summed E-state index contributed by atoms with van der Waals surface area (Å²) in [4.78, 5) is 10.7. The number of nitrogens with zero attached hydrogens (tertiary/aromatic N) is 3. The molecule has 7 nitrogen and oxygen atoms in total. The van der Waals surface area contributed by atoms with Gasteiger partial charge in [0.2, 0.25) is 0 Å². The van der Waals surface area contributed by atoms with Gasteiger partial charge in [-0.3, -0.25) is 14.8 Å². The van der Waals surface area contributed by atoms with Crippen LogP contribution in [0.3, 0.4) is 0 Å². The van der Waals surface area contributed by atoms with Gasteiger partial charge in [-0.15, -0.1) is 0 Å². The molecular formula is C12H16N4O3. The van der Waals surface area contributed by atoms with Crippen LogP contribution in [0.15, 0.2) is 18.3 Å². The number of hydrogen-bond donors (Lipinski definition) is 1. The first kappa shape index (κ1) is 13.4. The van der Waals surface area contributed by atoms with Crippen molar-refractivity contribution < 1.29 is 9.66 Å². The predicted molar refractivity (Wildman–Crippen MR) is 70.7 cm³/mol. The van der Waals surface area contributed by atoms with Gasteiger partial charge in [-0.1, -0.05) is 0 Å². The maximum Gasteiger partial charge on any atom is 0.280 e. The van der Waals surface area contributed by atoms with Crippen molar-refractivity contribution in [3.63, 3.8) is 0 Å². The number of benzene rings is 1. The van der Waals surface area contributed by atoms with Crippen LogP contribution in [0, 0.1) is 10.1 Å². The highest BCUT2D eigenvalue weighted by Crippen LogP contribution is 2.27. The summed E-state index contributed by atoms with van der Waals surface area (Å²) in [6, 6.07) is 3.30. The van der Waals surface area contributed by atoms with E-state index in [2.05, 4.69) is 5.10 Å². The summed E-state index contributed by atoms with van der Waals surface area (Å²) in [6.45, 7) is 2.55. The van der Waals surface area contributed by atoms with E-state index in [1.165, 1.54) is 12.3 Å². The number of nitro benzene ring substituents is 1. The molecule has 0 bridgehead atoms. The number of hydrogen-bond acceptors (Lipinski definition) is 5. The molecule has 0 radical (unpaired) electrons. The zero-order chi connectivity index (χ0) is 14.0. The maximum absolute atomic E-state index is 11.1. The molecule has 2 rings (SSSR count). The molecule has 0 amide bonds. The van der Waals surface area contributed by atoms with Gasteiger partial charge in [0, 0.05) is 19.2 Å². The minimum absolute atomic E-state index is 0.0463. The molecule has 1 heterocycles. The average molecular weight is 264 g/mol. The summed E-state index contributed by atoms with van der Waals surface area (Å²) < 4.78 is 7.01. The zero-order valence-corrected chi connectivity index (χ0v) is 10.9. The summed E-state index contributed by atoms with van der Waals surface area (Å²) in [6.07, 6.45) is 1.50. The van der Waals surface area contributed by atoms with Crippen LogP contribution < -0.4 is 5.73 Å². The molecule has 7 heteroatoms. The molecule has 0 aliphatic carbocycles. The van der Waals surface area contributed by atoms with Crippen LogP contribution in [0.1, 0.15) is 12.5 Å². The molecule has 2 aromatic rings. The van der Waals surface area contributed by atoms with E-state index in [1.54, 1.807) is 11.7 Å². The molecule has 0 saturated heterocycles. The van der Waals surface area contributed by atoms with Gasteiger partial charge in [0.1, 0.15) is 0 Å². The Hall–Kier alpha value is -1.99. The minimum Gasteiger partial charge on any atom is -0.375 e. The fourth-order valence-corrected chi connectivity index (χ4v) is 1.88. The third kappa shape index (κ3) is 2.88. The van der Waals surface area contributed by atoms with E-state index < -0.39 is 4.92 Å². The molecule has 1 unspecified atom stereocenters. The number of aryl methyl sites for hydroxylation is 1. The normalized spacial score (nSPS) is 12.8. The number of aromatic nitrogens is 2. The Morgan fingerprint density at radius 3 is 2.95 bits per heavy atom. The van der Waals surface area contributed by atoms with E-state index in [0.29, 0.717) is 24.1 Å². The number of fused-ring (bicyclic) bond motifs is 1. The van der Waals surface area contributed by atoms with Crippen molar-refractivity contribution in [2.45, 2.75) is 19.6 Å². The van der Waals surface area contributed by atoms with Crippen molar-refractivity contribution in [1.29, 1.82) is 0 Å². The van der Waals surface area contributed by atoms with Crippen LogP contribution in [0.2, 0.25) is 0 Å². The Morgan fingerprint density at radius 2 is 2.32 bits per heavy atom. The molecule has 1 aromatic carbocycles. The molecular weight excluding hydrogens is 248 g/mol. The smallest absolute Gasteiger partial charge is 0.280 e. The lowest BCUT2D eigenvalue weighted by atomic mass is 10.1. The fourth-order valence-electron chi connectivity index (χ4n) is 1.88. The van der Waals surface area contributed by atoms with E-state index in [1.807, 2.05) is 13.0 Å². The Labute approximate surface area is 110 Å². The van der Waals surface area contributed by atoms with Crippen LogP contribution in [0.25, 0.3) is 10.9 Å². The lowest BCUT2D eigenvalue weighted by Crippen LogP contribution is -2.21. The summed E-state index contributed by atoms with van der Waals surface area (Å²) in [7, 11) is 1.75. The molecule has 102 valence electrons. The largest absolute Gasteiger partial charge is 0.375 e. The SMILES string of the molecule is CC(N)COCc1cc([N+](=O)[O-])c2cnn(C)c2c1. The monoisotopic (exact) mass is 264 g/mol. The zero-order valence-electron chi connectivity index (χ0n) is 10.9. The van der Waals surface area contributed by atoms with E-state index in [0.717, 1.165) is 5.56 Å². The van der Waals surface area contributed by atoms with Crippen molar-refractivity contribution in [2.75, 3.05) is 6.61 Å². The quantitative estimate of drug-likeness (QED) is 0.649. The van der Waals surface area contributed by atoms with Gasteiger partial charge in [0.15, 0.2) is 0 Å². The fraction of sp³-hybridized carbons (Fsp3) is 0.417. The average Bonchev–Trinajstić information content (AvgIpc) is 2.70. The van der Waals surface area contributed by atoms with E-state index in [-0.39, 0.29) is 11.7 Å². The van der Waals surface area contributed by atoms with Crippen molar-refractivity contribution in [2.24, 2.45) is 12.8 Å². The first-order valence-corrected chi connectivity index (χ1v) is 5.91. The number of nitrogens with two attached hydrogens (primary N) is 1. The number of non-ortho nitro benzene ring substituents is 1. The van der Waals surface area contributed by atoms with Crippen molar-refractivity contribution in [1.82, 2.24) is 9.78 Å². The second-order valence-corrected chi connectivity index (χ2v) is 4.57. The van der Waals surface area contributed by atoms with Crippen LogP contribution >= 0.6 is 0 Å². The first-order valence-electron chi connectivity index (χ1n) is 5.91. The third-order valence-electron chi connectivity index (χ3n) is 2.75. The molecule has 0 spiro atoms. The van der Waals surface area contributed by atoms with Crippen LogP contribution in [-0.2, 0) is 18.4 Å². The van der Waals surface area contributed by atoms with E-state index >= 15 is 0 Å². The summed E-state index contributed by atoms with van der Waals surface area (Å²) >= 11 is 0. The van der Waals surface area contributed by atoms with Crippen LogP contribution in [0.4, 0.5) is 5.69 Å². The highest BCUT2D eigenvalue weighted by atomic mass is 16.6. The Balaban J connectivity index is 2.34. The molecule has 1 aromatic heterocycles. The molecule has 0 aliphatic rings. The summed E-state index contributed by atoms with van der Waals surface area (Å²) in [5.41, 5.74) is 7.09. The van der Waals surface area contributed by atoms with Crippen LogP contribution in [-0.4, -0.2) is 27.4 Å². The predicted octanol–water partition coefficient (Wildman–Crippen LogP) is 1.35. The number of nitro groups is 1. The summed E-state index contributed by atoms with van der Waals surface area (Å²) in [5, 5.41) is 15.6. The highest BCUT2D eigenvalue weighted by molar-refractivity contribution is 5.88. The van der Waals surface area contributed by atoms with Crippen molar-refractivity contribution in [3.05, 3.63) is 34.0 Å². The molecule has 0 fully saturated rings. The van der Waals surface area contributed by atoms with Crippen molar-refractivity contribution >= 4 is 16.6 Å². The van der Waals surface area contributed by atoms with E-state index in [4.69, 9.17) is 10.5 Å². The first-order chi connectivity index (χ1) is 8.99. The van der Waals surface area contributed by atoms with Gasteiger partial charge in [-0.05, 0) is 18.6 Å². The van der Waals surface area contributed by atoms with Gasteiger partial charge in [-0.25, -0.2) is 0 Å². The Morgan fingerprint density at radius 1 is 1.58 bits per heavy atom. The number of rotatable bonds is 5. The minimum atomic E-state index is -0.404. The Kier molecular flexibility index (Phi) is 3.77. The molecule has 19 heavy (non-hydrogen) atoms. The Bertz CT molecular complexity index is 606. The van der Waals surface area contributed by atoms with Gasteiger partial charge < -0.3 is 10.5 Å².